The van der Waals surface area contributed by atoms with Gasteiger partial charge in [-0.05, 0) is 44.5 Å². The van der Waals surface area contributed by atoms with E-state index in [1.807, 2.05) is 6.07 Å². The molecular formula is C17H22FN7O2S2. The third-order valence-electron chi connectivity index (χ3n) is 4.48. The number of hydrogen-bond acceptors (Lipinski definition) is 9. The fourth-order valence-corrected chi connectivity index (χ4v) is 4.74. The van der Waals surface area contributed by atoms with Crippen LogP contribution in [0.2, 0.25) is 0 Å². The maximum absolute atomic E-state index is 14.5. The topological polar surface area (TPSA) is 132 Å². The molecule has 0 bridgehead atoms. The molecule has 2 heterocycles. The molecule has 1 aromatic carbocycles. The lowest BCUT2D eigenvalue weighted by Crippen LogP contribution is -2.31. The average molecular weight is 440 g/mol. The summed E-state index contributed by atoms with van der Waals surface area (Å²) in [6, 6.07) is 4.50. The molecule has 1 aliphatic rings. The van der Waals surface area contributed by atoms with Crippen molar-refractivity contribution in [3.05, 3.63) is 29.8 Å². The first-order chi connectivity index (χ1) is 14.0. The zero-order chi connectivity index (χ0) is 20.7. The van der Waals surface area contributed by atoms with Gasteiger partial charge in [-0.1, -0.05) is 0 Å². The summed E-state index contributed by atoms with van der Waals surface area (Å²) in [6.45, 7) is 3.48. The van der Waals surface area contributed by atoms with Crippen LogP contribution in [0.25, 0.3) is 0 Å². The zero-order valence-electron chi connectivity index (χ0n) is 15.6. The highest BCUT2D eigenvalue weighted by Crippen LogP contribution is 2.25. The smallest absolute Gasteiger partial charge is 0.266 e. The van der Waals surface area contributed by atoms with Crippen LogP contribution in [-0.4, -0.2) is 50.0 Å². The average Bonchev–Trinajstić information content (AvgIpc) is 3.38. The van der Waals surface area contributed by atoms with Crippen LogP contribution in [0.4, 0.5) is 15.2 Å². The van der Waals surface area contributed by atoms with Crippen LogP contribution >= 0.6 is 11.5 Å². The first-order valence-electron chi connectivity index (χ1n) is 9.20. The van der Waals surface area contributed by atoms with E-state index in [4.69, 9.17) is 0 Å². The molecule has 4 N–H and O–H groups in total. The van der Waals surface area contributed by atoms with Crippen molar-refractivity contribution in [3.63, 3.8) is 0 Å². The number of benzene rings is 1. The van der Waals surface area contributed by atoms with Gasteiger partial charge in [0.15, 0.2) is 0 Å². The van der Waals surface area contributed by atoms with Gasteiger partial charge >= 0.3 is 0 Å². The number of anilines is 2. The first kappa shape index (κ1) is 21.4. The molecular weight excluding hydrogens is 417 g/mol. The van der Waals surface area contributed by atoms with E-state index in [0.29, 0.717) is 12.6 Å². The molecule has 0 spiro atoms. The lowest BCUT2D eigenvalue weighted by Gasteiger charge is -2.13. The number of unbranched alkanes of at least 4 members (excludes halogenated alkanes) is 1. The van der Waals surface area contributed by atoms with Crippen LogP contribution in [0.1, 0.15) is 24.8 Å². The van der Waals surface area contributed by atoms with E-state index in [1.54, 1.807) is 0 Å². The Labute approximate surface area is 173 Å². The van der Waals surface area contributed by atoms with Gasteiger partial charge in [0.2, 0.25) is 5.13 Å². The molecule has 1 saturated heterocycles. The molecule has 9 nitrogen and oxygen atoms in total. The Balaban J connectivity index is 1.57. The molecule has 0 aliphatic carbocycles. The van der Waals surface area contributed by atoms with Crippen LogP contribution in [0.5, 0.6) is 0 Å². The Kier molecular flexibility index (Phi) is 7.32. The number of aromatic nitrogens is 2. The highest BCUT2D eigenvalue weighted by Gasteiger charge is 2.23. The lowest BCUT2D eigenvalue weighted by molar-refractivity contribution is 0.530. The molecule has 0 radical (unpaired) electrons. The van der Waals surface area contributed by atoms with Crippen LogP contribution in [0.15, 0.2) is 23.4 Å². The Bertz CT molecular complexity index is 955. The van der Waals surface area contributed by atoms with E-state index in [0.717, 1.165) is 62.6 Å². The summed E-state index contributed by atoms with van der Waals surface area (Å²) < 4.78 is 45.1. The normalized spacial score (nSPS) is 16.5. The number of hydrogen-bond donors (Lipinski definition) is 4. The van der Waals surface area contributed by atoms with Crippen molar-refractivity contribution < 1.29 is 12.8 Å². The van der Waals surface area contributed by atoms with E-state index in [9.17, 15) is 18.1 Å². The third-order valence-corrected chi connectivity index (χ3v) is 6.54. The molecule has 1 aromatic heterocycles. The monoisotopic (exact) mass is 439 g/mol. The van der Waals surface area contributed by atoms with E-state index in [-0.39, 0.29) is 16.4 Å². The number of nitrogens with one attached hydrogen (secondary N) is 4. The number of halogens is 1. The molecule has 3 rings (SSSR count). The molecule has 156 valence electrons. The highest BCUT2D eigenvalue weighted by molar-refractivity contribution is 7.93. The van der Waals surface area contributed by atoms with Crippen molar-refractivity contribution in [2.75, 3.05) is 36.2 Å². The summed E-state index contributed by atoms with van der Waals surface area (Å²) in [4.78, 5) is 3.11. The maximum Gasteiger partial charge on any atom is 0.266 e. The standard InChI is InChI=1S/C17H22FN7O2S2/c18-14-8-15(22-5-2-1-4-21-13-3-6-20-10-13)12(9-19)7-16(14)29(26,27)25-17-23-11-24-28-17/h7-8,11,13,20-22H,1-6,10H2,(H,23,24,25)/t13-/m1/s1. The van der Waals surface area contributed by atoms with E-state index < -0.39 is 20.7 Å². The zero-order valence-corrected chi connectivity index (χ0v) is 17.2. The molecule has 12 heteroatoms. The minimum Gasteiger partial charge on any atom is -0.384 e. The van der Waals surface area contributed by atoms with Crippen LogP contribution in [-0.2, 0) is 10.0 Å². The van der Waals surface area contributed by atoms with Crippen LogP contribution in [0, 0.1) is 17.1 Å². The van der Waals surface area contributed by atoms with Crippen LogP contribution < -0.4 is 20.7 Å². The quantitative estimate of drug-likeness (QED) is 0.410. The highest BCUT2D eigenvalue weighted by atomic mass is 32.2. The molecule has 0 saturated carbocycles. The van der Waals surface area contributed by atoms with Gasteiger partial charge in [-0.25, -0.2) is 17.8 Å². The van der Waals surface area contributed by atoms with E-state index in [2.05, 4.69) is 30.0 Å². The molecule has 1 aliphatic heterocycles. The fourth-order valence-electron chi connectivity index (χ4n) is 2.99. The first-order valence-corrected chi connectivity index (χ1v) is 11.5. The minimum absolute atomic E-state index is 0.0205. The molecule has 29 heavy (non-hydrogen) atoms. The van der Waals surface area contributed by atoms with Gasteiger partial charge in [0.25, 0.3) is 10.0 Å². The SMILES string of the molecule is N#Cc1cc(S(=O)(=O)Nc2ncns2)c(F)cc1NCCCCN[C@@H]1CCNC1. The molecule has 0 unspecified atom stereocenters. The van der Waals surface area contributed by atoms with Gasteiger partial charge in [-0.3, -0.25) is 4.72 Å². The molecule has 0 amide bonds. The molecule has 1 fully saturated rings. The van der Waals surface area contributed by atoms with E-state index in [1.165, 1.54) is 6.33 Å². The second-order valence-electron chi connectivity index (χ2n) is 6.57. The van der Waals surface area contributed by atoms with Gasteiger partial charge in [-0.2, -0.15) is 9.64 Å². The van der Waals surface area contributed by atoms with Crippen molar-refractivity contribution >= 4 is 32.4 Å². The maximum atomic E-state index is 14.5. The number of rotatable bonds is 10. The lowest BCUT2D eigenvalue weighted by atomic mass is 10.2. The molecule has 1 atom stereocenters. The number of sulfonamides is 1. The summed E-state index contributed by atoms with van der Waals surface area (Å²) in [7, 11) is -4.21. The number of nitriles is 1. The Hall–Kier alpha value is -2.33. The predicted octanol–water partition coefficient (Wildman–Crippen LogP) is 1.49. The third kappa shape index (κ3) is 5.83. The van der Waals surface area contributed by atoms with Crippen molar-refractivity contribution in [3.8, 4) is 6.07 Å². The van der Waals surface area contributed by atoms with Crippen molar-refractivity contribution in [2.45, 2.75) is 30.2 Å². The number of nitrogens with zero attached hydrogens (tertiary/aromatic N) is 3. The Morgan fingerprint density at radius 3 is 2.86 bits per heavy atom. The van der Waals surface area contributed by atoms with Gasteiger partial charge in [0.1, 0.15) is 23.1 Å². The second-order valence-corrected chi connectivity index (χ2v) is 9.00. The van der Waals surface area contributed by atoms with Gasteiger partial charge < -0.3 is 16.0 Å². The van der Waals surface area contributed by atoms with E-state index >= 15 is 0 Å². The Morgan fingerprint density at radius 2 is 2.17 bits per heavy atom. The van der Waals surface area contributed by atoms with Crippen LogP contribution in [0.3, 0.4) is 0 Å². The summed E-state index contributed by atoms with van der Waals surface area (Å²) in [6.07, 6.45) is 4.09. The molecule has 2 aromatic rings. The Morgan fingerprint density at radius 1 is 1.34 bits per heavy atom. The van der Waals surface area contributed by atoms with Crippen molar-refractivity contribution in [1.29, 1.82) is 5.26 Å². The van der Waals surface area contributed by atoms with Gasteiger partial charge in [-0.15, -0.1) is 0 Å². The predicted molar refractivity (Wildman–Crippen MR) is 109 cm³/mol. The van der Waals surface area contributed by atoms with Crippen molar-refractivity contribution in [2.24, 2.45) is 0 Å². The summed E-state index contributed by atoms with van der Waals surface area (Å²) in [5, 5.41) is 19.2. The fraction of sp³-hybridized carbons (Fsp3) is 0.471. The second kappa shape index (κ2) is 9.93. The minimum atomic E-state index is -4.21. The largest absolute Gasteiger partial charge is 0.384 e. The van der Waals surface area contributed by atoms with Crippen molar-refractivity contribution in [1.82, 2.24) is 20.0 Å². The summed E-state index contributed by atoms with van der Waals surface area (Å²) in [5.41, 5.74) is 0.326. The van der Waals surface area contributed by atoms with Gasteiger partial charge in [0, 0.05) is 30.7 Å². The van der Waals surface area contributed by atoms with Gasteiger partial charge in [0.05, 0.1) is 11.3 Å². The summed E-state index contributed by atoms with van der Waals surface area (Å²) >= 11 is 0.829. The summed E-state index contributed by atoms with van der Waals surface area (Å²) in [5.74, 6) is -0.945.